The quantitative estimate of drug-likeness (QED) is 0.904. The number of piperidine rings is 1. The van der Waals surface area contributed by atoms with Crippen LogP contribution in [0.2, 0.25) is 0 Å². The van der Waals surface area contributed by atoms with Gasteiger partial charge in [0, 0.05) is 44.2 Å². The van der Waals surface area contributed by atoms with E-state index in [2.05, 4.69) is 39.2 Å². The van der Waals surface area contributed by atoms with Gasteiger partial charge in [0.2, 0.25) is 11.9 Å². The predicted molar refractivity (Wildman–Crippen MR) is 107 cm³/mol. The summed E-state index contributed by atoms with van der Waals surface area (Å²) in [5.74, 6) is 1.46. The van der Waals surface area contributed by atoms with E-state index in [1.807, 2.05) is 29.2 Å². The highest BCUT2D eigenvalue weighted by molar-refractivity contribution is 5.80. The fourth-order valence-corrected chi connectivity index (χ4v) is 4.11. The van der Waals surface area contributed by atoms with Crippen molar-refractivity contribution in [3.63, 3.8) is 0 Å². The number of hydrogen-bond acceptors (Lipinski definition) is 5. The van der Waals surface area contributed by atoms with Crippen molar-refractivity contribution < 1.29 is 4.79 Å². The lowest BCUT2D eigenvalue weighted by Crippen LogP contribution is -2.42. The van der Waals surface area contributed by atoms with Crippen molar-refractivity contribution in [2.24, 2.45) is 5.41 Å². The maximum atomic E-state index is 12.5. The molecule has 1 aromatic heterocycles. The van der Waals surface area contributed by atoms with Gasteiger partial charge in [-0.05, 0) is 24.5 Å². The summed E-state index contributed by atoms with van der Waals surface area (Å²) in [6.45, 7) is 3.33. The molecule has 2 saturated heterocycles. The third-order valence-corrected chi connectivity index (χ3v) is 5.65. The Hall–Kier alpha value is -2.89. The van der Waals surface area contributed by atoms with Crippen molar-refractivity contribution in [3.05, 3.63) is 54.2 Å². The van der Waals surface area contributed by atoms with E-state index in [1.165, 1.54) is 0 Å². The van der Waals surface area contributed by atoms with Gasteiger partial charge in [0.05, 0.1) is 0 Å². The number of hydrogen-bond donors (Lipinski definition) is 1. The Morgan fingerprint density at radius 3 is 2.67 bits per heavy atom. The molecule has 2 N–H and O–H groups in total. The summed E-state index contributed by atoms with van der Waals surface area (Å²) < 4.78 is 0. The SMILES string of the molecule is Nc1nccc(N2CCC3(CC2)CC(=O)N(C/C=C/c2ccccc2)C3)n1. The van der Waals surface area contributed by atoms with Crippen LogP contribution in [0.1, 0.15) is 24.8 Å². The normalized spacial score (nSPS) is 19.3. The van der Waals surface area contributed by atoms with Crippen LogP contribution in [-0.4, -0.2) is 47.0 Å². The maximum Gasteiger partial charge on any atom is 0.223 e. The van der Waals surface area contributed by atoms with Crippen LogP contribution in [-0.2, 0) is 4.79 Å². The van der Waals surface area contributed by atoms with Crippen molar-refractivity contribution in [1.82, 2.24) is 14.9 Å². The summed E-state index contributed by atoms with van der Waals surface area (Å²) in [6.07, 6.45) is 8.53. The smallest absolute Gasteiger partial charge is 0.223 e. The van der Waals surface area contributed by atoms with Gasteiger partial charge in [-0.2, -0.15) is 4.98 Å². The first kappa shape index (κ1) is 17.5. The van der Waals surface area contributed by atoms with Crippen LogP contribution in [0.25, 0.3) is 6.08 Å². The molecule has 0 radical (unpaired) electrons. The Bertz CT molecular complexity index is 827. The lowest BCUT2D eigenvalue weighted by molar-refractivity contribution is -0.127. The van der Waals surface area contributed by atoms with E-state index >= 15 is 0 Å². The van der Waals surface area contributed by atoms with Gasteiger partial charge in [0.25, 0.3) is 0 Å². The minimum absolute atomic E-state index is 0.104. The number of aromatic nitrogens is 2. The lowest BCUT2D eigenvalue weighted by atomic mass is 9.77. The Morgan fingerprint density at radius 1 is 1.15 bits per heavy atom. The number of likely N-dealkylation sites (tertiary alicyclic amines) is 1. The van der Waals surface area contributed by atoms with E-state index in [0.717, 1.165) is 43.9 Å². The minimum atomic E-state index is 0.104. The van der Waals surface area contributed by atoms with Gasteiger partial charge >= 0.3 is 0 Å². The Balaban J connectivity index is 1.34. The summed E-state index contributed by atoms with van der Waals surface area (Å²) in [4.78, 5) is 25.0. The standard InChI is InChI=1S/C21H25N5O/c22-20-23-11-8-18(24-20)25-13-9-21(10-14-25)15-19(27)26(16-21)12-4-7-17-5-2-1-3-6-17/h1-8,11H,9-10,12-16H2,(H2,22,23,24)/b7-4+. The van der Waals surface area contributed by atoms with Gasteiger partial charge in [0.1, 0.15) is 5.82 Å². The van der Waals surface area contributed by atoms with E-state index in [4.69, 9.17) is 5.73 Å². The van der Waals surface area contributed by atoms with E-state index in [0.29, 0.717) is 18.9 Å². The molecule has 0 aliphatic carbocycles. The molecule has 1 spiro atoms. The topological polar surface area (TPSA) is 75.3 Å². The van der Waals surface area contributed by atoms with Gasteiger partial charge < -0.3 is 15.5 Å². The molecule has 27 heavy (non-hydrogen) atoms. The van der Waals surface area contributed by atoms with Crippen LogP contribution in [0.4, 0.5) is 11.8 Å². The predicted octanol–water partition coefficient (Wildman–Crippen LogP) is 2.59. The largest absolute Gasteiger partial charge is 0.368 e. The van der Waals surface area contributed by atoms with Crippen molar-refractivity contribution in [2.75, 3.05) is 36.8 Å². The van der Waals surface area contributed by atoms with Gasteiger partial charge in [-0.25, -0.2) is 4.98 Å². The minimum Gasteiger partial charge on any atom is -0.368 e. The zero-order chi connectivity index (χ0) is 18.7. The third kappa shape index (κ3) is 3.94. The number of rotatable bonds is 4. The molecule has 0 atom stereocenters. The summed E-state index contributed by atoms with van der Waals surface area (Å²) in [5, 5.41) is 0. The van der Waals surface area contributed by atoms with E-state index in [-0.39, 0.29) is 11.3 Å². The molecule has 6 nitrogen and oxygen atoms in total. The zero-order valence-corrected chi connectivity index (χ0v) is 15.4. The molecule has 2 aliphatic heterocycles. The first-order valence-corrected chi connectivity index (χ1v) is 9.46. The van der Waals surface area contributed by atoms with Gasteiger partial charge in [-0.1, -0.05) is 42.5 Å². The van der Waals surface area contributed by atoms with Gasteiger partial charge in [-0.3, -0.25) is 4.79 Å². The fourth-order valence-electron chi connectivity index (χ4n) is 4.11. The molecule has 4 rings (SSSR count). The summed E-state index contributed by atoms with van der Waals surface area (Å²) in [6, 6.07) is 12.1. The average molecular weight is 363 g/mol. The Kier molecular flexibility index (Phi) is 4.79. The van der Waals surface area contributed by atoms with E-state index < -0.39 is 0 Å². The van der Waals surface area contributed by atoms with Crippen molar-refractivity contribution >= 4 is 23.7 Å². The average Bonchev–Trinajstić information content (AvgIpc) is 2.98. The number of nitrogen functional groups attached to an aromatic ring is 1. The third-order valence-electron chi connectivity index (χ3n) is 5.65. The van der Waals surface area contributed by atoms with Crippen LogP contribution in [0.3, 0.4) is 0 Å². The Morgan fingerprint density at radius 2 is 1.93 bits per heavy atom. The van der Waals surface area contributed by atoms with Crippen molar-refractivity contribution in [1.29, 1.82) is 0 Å². The highest BCUT2D eigenvalue weighted by Gasteiger charge is 2.44. The van der Waals surface area contributed by atoms with Gasteiger partial charge in [0.15, 0.2) is 0 Å². The monoisotopic (exact) mass is 363 g/mol. The van der Waals surface area contributed by atoms with Crippen LogP contribution in [0, 0.1) is 5.41 Å². The lowest BCUT2D eigenvalue weighted by Gasteiger charge is -2.39. The molecule has 1 amide bonds. The van der Waals surface area contributed by atoms with Crippen LogP contribution >= 0.6 is 0 Å². The molecular weight excluding hydrogens is 338 g/mol. The molecule has 140 valence electrons. The number of amides is 1. The van der Waals surface area contributed by atoms with Crippen molar-refractivity contribution in [2.45, 2.75) is 19.3 Å². The molecule has 2 aromatic rings. The van der Waals surface area contributed by atoms with Crippen LogP contribution < -0.4 is 10.6 Å². The second-order valence-electron chi connectivity index (χ2n) is 7.52. The zero-order valence-electron chi connectivity index (χ0n) is 15.4. The number of carbonyl (C=O) groups is 1. The van der Waals surface area contributed by atoms with Gasteiger partial charge in [-0.15, -0.1) is 0 Å². The first-order chi connectivity index (χ1) is 13.1. The molecular formula is C21H25N5O. The summed E-state index contributed by atoms with van der Waals surface area (Å²) in [5.41, 5.74) is 6.97. The molecule has 0 unspecified atom stereocenters. The second kappa shape index (κ2) is 7.39. The maximum absolute atomic E-state index is 12.5. The van der Waals surface area contributed by atoms with Crippen LogP contribution in [0.15, 0.2) is 48.7 Å². The number of benzene rings is 1. The number of nitrogens with zero attached hydrogens (tertiary/aromatic N) is 4. The molecule has 6 heteroatoms. The highest BCUT2D eigenvalue weighted by Crippen LogP contribution is 2.41. The number of nitrogens with two attached hydrogens (primary N) is 1. The number of anilines is 2. The molecule has 2 fully saturated rings. The molecule has 0 saturated carbocycles. The second-order valence-corrected chi connectivity index (χ2v) is 7.52. The first-order valence-electron chi connectivity index (χ1n) is 9.46. The molecule has 2 aliphatic rings. The molecule has 1 aromatic carbocycles. The Labute approximate surface area is 159 Å². The highest BCUT2D eigenvalue weighted by atomic mass is 16.2. The molecule has 3 heterocycles. The summed E-state index contributed by atoms with van der Waals surface area (Å²) >= 11 is 0. The fraction of sp³-hybridized carbons (Fsp3) is 0.381. The summed E-state index contributed by atoms with van der Waals surface area (Å²) in [7, 11) is 0. The van der Waals surface area contributed by atoms with Crippen molar-refractivity contribution in [3.8, 4) is 0 Å². The van der Waals surface area contributed by atoms with E-state index in [1.54, 1.807) is 6.20 Å². The van der Waals surface area contributed by atoms with Crippen LogP contribution in [0.5, 0.6) is 0 Å². The molecule has 0 bridgehead atoms. The van der Waals surface area contributed by atoms with E-state index in [9.17, 15) is 4.79 Å². The number of carbonyl (C=O) groups excluding carboxylic acids is 1.